The molecular weight excluding hydrogens is 2010 g/mol. The second kappa shape index (κ2) is 55.3. The largest absolute Gasteiger partial charge is 0.393 e. The Hall–Kier alpha value is -9.82. The Labute approximate surface area is 877 Å². The lowest BCUT2D eigenvalue weighted by Gasteiger charge is -2.40. The second-order valence-electron chi connectivity index (χ2n) is 39.4. The number of hydrogen-bond acceptors (Lipinski definition) is 28. The highest BCUT2D eigenvalue weighted by Gasteiger charge is 2.39. The summed E-state index contributed by atoms with van der Waals surface area (Å²) in [6, 6.07) is 64.2. The fraction of sp³-hybridized carbons (Fsp3) is 0.491. The highest BCUT2D eigenvalue weighted by Crippen LogP contribution is 2.41. The molecule has 10 atom stereocenters. The summed E-state index contributed by atoms with van der Waals surface area (Å²) >= 11 is 3.58. The highest BCUT2D eigenvalue weighted by molar-refractivity contribution is 7.52. The van der Waals surface area contributed by atoms with E-state index in [0.29, 0.717) is 72.7 Å². The number of alkyl halides is 9. The molecule has 147 heavy (non-hydrogen) atoms. The van der Waals surface area contributed by atoms with Crippen molar-refractivity contribution in [3.8, 4) is 0 Å². The minimum absolute atomic E-state index is 0.107. The molecule has 24 nitrogen and oxygen atoms in total. The molecular formula is C108H132F9N19O5S6. The number of pyridine rings is 1. The van der Waals surface area contributed by atoms with Crippen molar-refractivity contribution >= 4 is 132 Å². The number of anilines is 4. The number of benzene rings is 5. The topological polar surface area (TPSA) is 259 Å². The third-order valence-corrected chi connectivity index (χ3v) is 33.1. The van der Waals surface area contributed by atoms with Crippen molar-refractivity contribution in [2.24, 2.45) is 11.8 Å². The number of likely N-dealkylation sites (N-methyl/N-ethyl adjacent to an activating group) is 2. The molecule has 0 amide bonds. The van der Waals surface area contributed by atoms with Crippen LogP contribution in [0.4, 0.5) is 62.7 Å². The molecule has 1 aliphatic carbocycles. The van der Waals surface area contributed by atoms with E-state index < -0.39 is 60.9 Å². The average molecular weight is 2140 g/mol. The van der Waals surface area contributed by atoms with Gasteiger partial charge in [-0.1, -0.05) is 197 Å². The predicted molar refractivity (Wildman–Crippen MR) is 573 cm³/mol. The van der Waals surface area contributed by atoms with Crippen LogP contribution in [0.2, 0.25) is 0 Å². The molecule has 14 heterocycles. The third kappa shape index (κ3) is 34.3. The number of nitrogens with zero attached hydrogens (tertiary/aromatic N) is 13. The molecule has 0 radical (unpaired) electrons. The lowest BCUT2D eigenvalue weighted by Crippen LogP contribution is -2.57. The van der Waals surface area contributed by atoms with E-state index >= 15 is 0 Å². The first kappa shape index (κ1) is 111. The number of halogens is 9. The molecule has 0 unspecified atom stereocenters. The van der Waals surface area contributed by atoms with Crippen LogP contribution in [-0.2, 0) is 86.3 Å². The monoisotopic (exact) mass is 2140 g/mol. The molecule has 1 saturated carbocycles. The third-order valence-electron chi connectivity index (χ3n) is 28.8. The van der Waals surface area contributed by atoms with E-state index in [4.69, 9.17) is 21.6 Å². The molecule has 6 aliphatic heterocycles. The Balaban J connectivity index is 0.000000144. The summed E-state index contributed by atoms with van der Waals surface area (Å²) in [5.41, 5.74) is 7.67. The summed E-state index contributed by atoms with van der Waals surface area (Å²) in [7, 11) is 4.37. The normalized spacial score (nSPS) is 21.5. The first-order valence-corrected chi connectivity index (χ1v) is 55.6. The van der Waals surface area contributed by atoms with Gasteiger partial charge in [-0.3, -0.25) is 19.6 Å². The molecule has 7 aliphatic rings. The van der Waals surface area contributed by atoms with E-state index in [0.717, 1.165) is 188 Å². The van der Waals surface area contributed by atoms with Gasteiger partial charge in [0, 0.05) is 171 Å². The van der Waals surface area contributed by atoms with Crippen LogP contribution >= 0.6 is 45.3 Å². The number of rotatable bonds is 33. The number of piperidine rings is 4. The van der Waals surface area contributed by atoms with Gasteiger partial charge in [0.15, 0.2) is 0 Å². The van der Waals surface area contributed by atoms with Gasteiger partial charge in [0.25, 0.3) is 0 Å². The highest BCUT2D eigenvalue weighted by atomic mass is 32.1. The Bertz CT molecular complexity index is 6060. The van der Waals surface area contributed by atoms with E-state index in [9.17, 15) is 39.5 Å². The van der Waals surface area contributed by atoms with Gasteiger partial charge in [0.05, 0.1) is 54.2 Å². The zero-order valence-electron chi connectivity index (χ0n) is 83.1. The first-order valence-electron chi connectivity index (χ1n) is 51.0. The molecule has 7 fully saturated rings. The van der Waals surface area contributed by atoms with Crippen LogP contribution in [0.15, 0.2) is 207 Å². The first-order chi connectivity index (χ1) is 71.2. The quantitative estimate of drug-likeness (QED) is 0.0209. The zero-order valence-corrected chi connectivity index (χ0v) is 88.0. The summed E-state index contributed by atoms with van der Waals surface area (Å²) in [6.45, 7) is 18.3. The zero-order chi connectivity index (χ0) is 103. The number of hydrogen-bond donors (Lipinski definition) is 6. The molecule has 8 aromatic heterocycles. The summed E-state index contributed by atoms with van der Waals surface area (Å²) in [4.78, 5) is 50.6. The fourth-order valence-corrected chi connectivity index (χ4v) is 25.4. The van der Waals surface area contributed by atoms with Crippen LogP contribution < -0.4 is 31.9 Å². The lowest BCUT2D eigenvalue weighted by molar-refractivity contribution is -0.127. The van der Waals surface area contributed by atoms with Crippen LogP contribution in [0, 0.1) is 11.8 Å². The molecule has 6 N–H and O–H groups in total. The lowest BCUT2D eigenvalue weighted by atomic mass is 9.86. The minimum atomic E-state index is -4.24. The maximum atomic E-state index is 13.0. The van der Waals surface area contributed by atoms with Gasteiger partial charge in [-0.25, -0.2) is 34.9 Å². The van der Waals surface area contributed by atoms with Crippen LogP contribution in [0.1, 0.15) is 151 Å². The van der Waals surface area contributed by atoms with Crippen LogP contribution in [-0.4, -0.2) is 247 Å². The molecule has 0 spiro atoms. The number of fused-ring (bicyclic) bond motifs is 4. The second-order valence-corrected chi connectivity index (χ2v) is 44.2. The molecule has 39 heteroatoms. The van der Waals surface area contributed by atoms with E-state index in [1.54, 1.807) is 29.5 Å². The van der Waals surface area contributed by atoms with Gasteiger partial charge >= 0.3 is 41.7 Å². The van der Waals surface area contributed by atoms with Crippen molar-refractivity contribution in [2.45, 2.75) is 235 Å². The molecule has 20 rings (SSSR count). The Morgan fingerprint density at radius 1 is 0.374 bits per heavy atom. The number of aryl methyl sites for hydroxylation is 1. The van der Waals surface area contributed by atoms with Crippen LogP contribution in [0.3, 0.4) is 0 Å². The predicted octanol–water partition coefficient (Wildman–Crippen LogP) is 21.3. The Morgan fingerprint density at radius 2 is 0.735 bits per heavy atom. The van der Waals surface area contributed by atoms with E-state index in [1.807, 2.05) is 18.3 Å². The molecule has 13 aromatic rings. The van der Waals surface area contributed by atoms with E-state index in [1.165, 1.54) is 127 Å². The van der Waals surface area contributed by atoms with Crippen LogP contribution in [0.5, 0.6) is 0 Å². The van der Waals surface area contributed by atoms with Crippen molar-refractivity contribution in [1.82, 2.24) is 74.9 Å². The van der Waals surface area contributed by atoms with Gasteiger partial charge in [0.1, 0.15) is 55.8 Å². The standard InChI is InChI=1S/C28H35F3N4S.C28H31N3OS.2C26H33F3N6S.2O2S/c29-28(30,31)16-23-15-24-26(32-19-33-27(24)36-23)34-25-13-14-35(17-21-9-2-1-3-10-21)18-22(25)12-6-11-20-7-4-5-8-20;1-2-23-17-24-25(13-15-29-28(24)33-23)30-26-14-16-31(18-21-9-5-3-6-10-21)19-27(26)32-20-22-11-7-4-8-12-22;2*1-34-10-5-8-19(34)14-30-23-16-35(15-18-6-3-2-4-7-18)11-9-22(23)33-24-21-12-20(13-26(27,28)29)36-25(21)32-17-31-24;2*1-3-2/h1-3,9-10,15,19-20,22,25H,4-8,11-14,16-18H2,(H,32,33,34);3-13,15,17,26-27H,2,14,16,18-20H2,1H3,(H,29,30);2*2-4,6-7,12,17,19,22-23,30H,5,8-11,13-16H2,1H3,(H,31,32,33);;/t22-,25-;26-,27-;19-,22+,23+;19-,22-,23-;;/m0000../s1. The van der Waals surface area contributed by atoms with Gasteiger partial charge in [-0.2, -0.15) is 56.3 Å². The summed E-state index contributed by atoms with van der Waals surface area (Å²) < 4.78 is 156. The van der Waals surface area contributed by atoms with E-state index in [2.05, 4.69) is 269 Å². The van der Waals surface area contributed by atoms with Crippen molar-refractivity contribution in [3.05, 3.63) is 254 Å². The summed E-state index contributed by atoms with van der Waals surface area (Å²) in [6.07, 6.45) is 9.86. The maximum Gasteiger partial charge on any atom is 0.393 e. The SMILES string of the molecule is CCc1cc2c(N[C@H]3CCN(Cc4ccccc4)C[C@@H]3OCc3ccccc3)ccnc2s1.CN1CCC[C@H]1CN[C@@H]1CN(Cc2ccccc2)CC[C@H]1Nc1ncnc2sc(CC(F)(F)F)cc12.CN1CCC[C@H]1CN[C@H]1CN(Cc2ccccc2)CC[C@@H]1Nc1ncnc2sc(CC(F)(F)F)cc12.FC(F)(F)Cc1cc2c(N[C@H]3CCN(Cc4ccccc4)C[C@@H]3CCCC3CCCC3)ncnc2s1.O=S=O.O=S=O. The van der Waals surface area contributed by atoms with Gasteiger partial charge in [-0.05, 0) is 161 Å². The Morgan fingerprint density at radius 3 is 1.13 bits per heavy atom. The average Bonchev–Trinajstić information content (AvgIpc) is 1.71. The van der Waals surface area contributed by atoms with Crippen molar-refractivity contribution in [2.75, 3.05) is 114 Å². The molecule has 0 bridgehead atoms. The minimum Gasteiger partial charge on any atom is -0.379 e. The van der Waals surface area contributed by atoms with E-state index in [-0.39, 0.29) is 57.0 Å². The number of aromatic nitrogens is 7. The fourth-order valence-electron chi connectivity index (χ4n) is 21.4. The van der Waals surface area contributed by atoms with Crippen molar-refractivity contribution in [3.63, 3.8) is 0 Å². The molecule has 5 aromatic carbocycles. The van der Waals surface area contributed by atoms with Gasteiger partial charge in [-0.15, -0.1) is 45.3 Å². The molecule has 6 saturated heterocycles. The summed E-state index contributed by atoms with van der Waals surface area (Å²) in [5.74, 6) is 3.28. The number of nitrogens with one attached hydrogen (secondary N) is 6. The van der Waals surface area contributed by atoms with Gasteiger partial charge in [0.2, 0.25) is 0 Å². The van der Waals surface area contributed by atoms with Crippen molar-refractivity contribution < 1.29 is 61.1 Å². The van der Waals surface area contributed by atoms with Crippen LogP contribution in [0.25, 0.3) is 40.9 Å². The smallest absolute Gasteiger partial charge is 0.379 e. The maximum absolute atomic E-state index is 13.0. The molecule has 788 valence electrons. The van der Waals surface area contributed by atoms with Gasteiger partial charge < -0.3 is 46.4 Å². The van der Waals surface area contributed by atoms with Crippen molar-refractivity contribution in [1.29, 1.82) is 0 Å². The summed E-state index contributed by atoms with van der Waals surface area (Å²) in [5, 5.41) is 25.6. The number of thiophene rings is 4. The number of likely N-dealkylation sites (tertiary alicyclic amines) is 6. The number of ether oxygens (including phenoxy) is 1. The Kier molecular flexibility index (Phi) is 41.9.